The number of hydrogen-bond acceptors (Lipinski definition) is 4. The van der Waals surface area contributed by atoms with E-state index < -0.39 is 11.7 Å². The van der Waals surface area contributed by atoms with Gasteiger partial charge in [0.15, 0.2) is 5.82 Å². The molecule has 4 nitrogen and oxygen atoms in total. The van der Waals surface area contributed by atoms with E-state index in [1.54, 1.807) is 13.1 Å². The molecule has 0 aliphatic rings. The molecule has 0 fully saturated rings. The van der Waals surface area contributed by atoms with Crippen LogP contribution in [0.1, 0.15) is 43.6 Å². The van der Waals surface area contributed by atoms with E-state index in [4.69, 9.17) is 4.52 Å². The molecule has 0 atom stereocenters. The average Bonchev–Trinajstić information content (AvgIpc) is 2.86. The summed E-state index contributed by atoms with van der Waals surface area (Å²) >= 11 is 0. The van der Waals surface area contributed by atoms with Gasteiger partial charge in [0, 0.05) is 12.0 Å². The smallest absolute Gasteiger partial charge is 0.339 e. The Morgan fingerprint density at radius 1 is 1.13 bits per heavy atom. The summed E-state index contributed by atoms with van der Waals surface area (Å²) < 4.78 is 43.4. The first-order valence-corrected chi connectivity index (χ1v) is 7.23. The molecule has 0 aliphatic heterocycles. The van der Waals surface area contributed by atoms with E-state index in [9.17, 15) is 13.2 Å². The first kappa shape index (κ1) is 17.5. The molecular weight excluding hydrogens is 307 g/mol. The van der Waals surface area contributed by atoms with E-state index in [0.29, 0.717) is 30.4 Å². The number of alkyl halides is 3. The Kier molecular flexibility index (Phi) is 4.79. The molecule has 0 amide bonds. The lowest BCUT2D eigenvalue weighted by atomic mass is 9.97. The number of hydrogen-bond donors (Lipinski definition) is 0. The fraction of sp³-hybridized carbons (Fsp3) is 0.500. The van der Waals surface area contributed by atoms with Gasteiger partial charge in [0.05, 0.1) is 12.1 Å². The monoisotopic (exact) mass is 327 g/mol. The van der Waals surface area contributed by atoms with Gasteiger partial charge in [-0.3, -0.25) is 4.90 Å². The zero-order valence-corrected chi connectivity index (χ0v) is 13.6. The van der Waals surface area contributed by atoms with Crippen molar-refractivity contribution in [3.8, 4) is 0 Å². The van der Waals surface area contributed by atoms with E-state index in [0.717, 1.165) is 12.1 Å². The minimum absolute atomic E-state index is 0.231. The van der Waals surface area contributed by atoms with Gasteiger partial charge in [-0.05, 0) is 18.7 Å². The Bertz CT molecular complexity index is 659. The van der Waals surface area contributed by atoms with Crippen LogP contribution >= 0.6 is 0 Å². The van der Waals surface area contributed by atoms with Gasteiger partial charge in [-0.1, -0.05) is 44.1 Å². The molecule has 0 N–H and O–H groups in total. The van der Waals surface area contributed by atoms with Gasteiger partial charge >= 0.3 is 6.18 Å². The largest absolute Gasteiger partial charge is 0.416 e. The lowest BCUT2D eigenvalue weighted by Gasteiger charge is -2.16. The zero-order valence-electron chi connectivity index (χ0n) is 13.6. The first-order chi connectivity index (χ1) is 10.6. The lowest BCUT2D eigenvalue weighted by molar-refractivity contribution is -0.137. The van der Waals surface area contributed by atoms with E-state index in [1.165, 1.54) is 6.07 Å². The third-order valence-corrected chi connectivity index (χ3v) is 3.23. The third-order valence-electron chi connectivity index (χ3n) is 3.23. The minimum Gasteiger partial charge on any atom is -0.339 e. The van der Waals surface area contributed by atoms with Gasteiger partial charge in [0.1, 0.15) is 0 Å². The molecule has 0 saturated heterocycles. The number of rotatable bonds is 4. The summed E-state index contributed by atoms with van der Waals surface area (Å²) in [6, 6.07) is 5.31. The zero-order chi connectivity index (χ0) is 17.3. The number of aromatic nitrogens is 2. The van der Waals surface area contributed by atoms with Crippen molar-refractivity contribution < 1.29 is 17.7 Å². The van der Waals surface area contributed by atoms with Crippen LogP contribution in [-0.2, 0) is 24.7 Å². The SMILES string of the molecule is CN(Cc1cccc(C(F)(F)F)c1)Cc1noc(C(C)(C)C)n1. The molecule has 1 aromatic heterocycles. The Balaban J connectivity index is 2.02. The second kappa shape index (κ2) is 6.31. The fourth-order valence-electron chi connectivity index (χ4n) is 2.08. The number of nitrogens with zero attached hydrogens (tertiary/aromatic N) is 3. The van der Waals surface area contributed by atoms with Crippen molar-refractivity contribution in [1.82, 2.24) is 15.0 Å². The van der Waals surface area contributed by atoms with Crippen LogP contribution in [0.15, 0.2) is 28.8 Å². The van der Waals surface area contributed by atoms with Crippen molar-refractivity contribution in [1.29, 1.82) is 0 Å². The van der Waals surface area contributed by atoms with Crippen molar-refractivity contribution in [2.24, 2.45) is 0 Å². The fourth-order valence-corrected chi connectivity index (χ4v) is 2.08. The molecule has 0 unspecified atom stereocenters. The minimum atomic E-state index is -4.33. The highest BCUT2D eigenvalue weighted by atomic mass is 19.4. The Morgan fingerprint density at radius 2 is 1.83 bits per heavy atom. The molecule has 0 saturated carbocycles. The topological polar surface area (TPSA) is 42.2 Å². The molecule has 23 heavy (non-hydrogen) atoms. The predicted octanol–water partition coefficient (Wildman–Crippen LogP) is 4.02. The standard InChI is InChI=1S/C16H20F3N3O/c1-15(2,3)14-20-13(21-23-14)10-22(4)9-11-6-5-7-12(8-11)16(17,18)19/h5-8H,9-10H2,1-4H3. The van der Waals surface area contributed by atoms with E-state index in [-0.39, 0.29) is 5.41 Å². The van der Waals surface area contributed by atoms with Crippen molar-refractivity contribution in [2.45, 2.75) is 45.5 Å². The molecule has 0 radical (unpaired) electrons. The van der Waals surface area contributed by atoms with Gasteiger partial charge < -0.3 is 4.52 Å². The van der Waals surface area contributed by atoms with Gasteiger partial charge in [0.25, 0.3) is 0 Å². The third kappa shape index (κ3) is 4.79. The molecule has 1 heterocycles. The summed E-state index contributed by atoms with van der Waals surface area (Å²) in [5.41, 5.74) is -0.287. The molecule has 1 aromatic carbocycles. The quantitative estimate of drug-likeness (QED) is 0.851. The Hall–Kier alpha value is -1.89. The van der Waals surface area contributed by atoms with Crippen LogP contribution in [0, 0.1) is 0 Å². The summed E-state index contributed by atoms with van der Waals surface area (Å²) in [5, 5.41) is 3.91. The molecule has 0 bridgehead atoms. The van der Waals surface area contributed by atoms with E-state index >= 15 is 0 Å². The normalized spacial score (nSPS) is 12.9. The Labute approximate surface area is 133 Å². The van der Waals surface area contributed by atoms with Gasteiger partial charge in [-0.15, -0.1) is 0 Å². The van der Waals surface area contributed by atoms with Gasteiger partial charge in [0.2, 0.25) is 5.89 Å². The molecular formula is C16H20F3N3O. The second-order valence-corrected chi connectivity index (χ2v) is 6.64. The van der Waals surface area contributed by atoms with E-state index in [1.807, 2.05) is 25.7 Å². The molecule has 0 spiro atoms. The van der Waals surface area contributed by atoms with Crippen LogP contribution in [0.2, 0.25) is 0 Å². The first-order valence-electron chi connectivity index (χ1n) is 7.23. The molecule has 126 valence electrons. The van der Waals surface area contributed by atoms with Crippen LogP contribution < -0.4 is 0 Å². The summed E-state index contributed by atoms with van der Waals surface area (Å²) in [4.78, 5) is 6.16. The van der Waals surface area contributed by atoms with Gasteiger partial charge in [-0.2, -0.15) is 18.2 Å². The number of halogens is 3. The number of benzene rings is 1. The van der Waals surface area contributed by atoms with Gasteiger partial charge in [-0.25, -0.2) is 0 Å². The summed E-state index contributed by atoms with van der Waals surface area (Å²) in [5.74, 6) is 1.06. The summed E-state index contributed by atoms with van der Waals surface area (Å²) in [7, 11) is 1.80. The van der Waals surface area contributed by atoms with Crippen molar-refractivity contribution >= 4 is 0 Å². The van der Waals surface area contributed by atoms with Crippen molar-refractivity contribution in [3.63, 3.8) is 0 Å². The van der Waals surface area contributed by atoms with Crippen LogP contribution in [0.5, 0.6) is 0 Å². The highest BCUT2D eigenvalue weighted by Gasteiger charge is 2.30. The highest BCUT2D eigenvalue weighted by Crippen LogP contribution is 2.29. The maximum absolute atomic E-state index is 12.7. The van der Waals surface area contributed by atoms with Crippen LogP contribution in [0.4, 0.5) is 13.2 Å². The van der Waals surface area contributed by atoms with E-state index in [2.05, 4.69) is 10.1 Å². The molecule has 0 aliphatic carbocycles. The van der Waals surface area contributed by atoms with Crippen LogP contribution in [0.25, 0.3) is 0 Å². The second-order valence-electron chi connectivity index (χ2n) is 6.64. The Morgan fingerprint density at radius 3 is 2.39 bits per heavy atom. The lowest BCUT2D eigenvalue weighted by Crippen LogP contribution is -2.19. The maximum Gasteiger partial charge on any atom is 0.416 e. The maximum atomic E-state index is 12.7. The molecule has 7 heteroatoms. The van der Waals surface area contributed by atoms with Crippen molar-refractivity contribution in [3.05, 3.63) is 47.1 Å². The highest BCUT2D eigenvalue weighted by molar-refractivity contribution is 5.25. The summed E-state index contributed by atoms with van der Waals surface area (Å²) in [6.45, 7) is 6.67. The van der Waals surface area contributed by atoms with Crippen LogP contribution in [-0.4, -0.2) is 22.1 Å². The van der Waals surface area contributed by atoms with Crippen molar-refractivity contribution in [2.75, 3.05) is 7.05 Å². The average molecular weight is 327 g/mol. The summed E-state index contributed by atoms with van der Waals surface area (Å²) in [6.07, 6.45) is -4.33. The predicted molar refractivity (Wildman–Crippen MR) is 79.6 cm³/mol. The molecule has 2 aromatic rings. The van der Waals surface area contributed by atoms with Crippen LogP contribution in [0.3, 0.4) is 0 Å². The molecule has 2 rings (SSSR count).